The van der Waals surface area contributed by atoms with Crippen LogP contribution >= 0.6 is 0 Å². The lowest BCUT2D eigenvalue weighted by Crippen LogP contribution is -2.23. The molecule has 1 saturated carbocycles. The van der Waals surface area contributed by atoms with E-state index in [2.05, 4.69) is 5.32 Å². The van der Waals surface area contributed by atoms with Gasteiger partial charge >= 0.3 is 0 Å². The lowest BCUT2D eigenvalue weighted by molar-refractivity contribution is 0.111. The van der Waals surface area contributed by atoms with E-state index in [0.717, 1.165) is 37.9 Å². The molecule has 1 aromatic rings. The van der Waals surface area contributed by atoms with Crippen LogP contribution in [0.5, 0.6) is 0 Å². The predicted octanol–water partition coefficient (Wildman–Crippen LogP) is 3.10. The summed E-state index contributed by atoms with van der Waals surface area (Å²) in [5.74, 6) is 0.472. The van der Waals surface area contributed by atoms with Gasteiger partial charge in [0, 0.05) is 12.2 Å². The van der Waals surface area contributed by atoms with Crippen molar-refractivity contribution >= 4 is 5.69 Å². The molecule has 0 spiro atoms. The molecule has 3 heteroatoms. The molecule has 0 radical (unpaired) electrons. The maximum Gasteiger partial charge on any atom is 0.126 e. The number of benzene rings is 1. The van der Waals surface area contributed by atoms with Crippen molar-refractivity contribution in [1.29, 1.82) is 0 Å². The summed E-state index contributed by atoms with van der Waals surface area (Å²) in [5, 5.41) is 12.8. The Hall–Kier alpha value is -1.09. The number of hydrogen-bond donors (Lipinski definition) is 2. The van der Waals surface area contributed by atoms with Gasteiger partial charge in [-0.25, -0.2) is 4.39 Å². The van der Waals surface area contributed by atoms with E-state index in [4.69, 9.17) is 0 Å². The van der Waals surface area contributed by atoms with Crippen molar-refractivity contribution in [2.45, 2.75) is 38.7 Å². The van der Waals surface area contributed by atoms with Gasteiger partial charge in [0.1, 0.15) is 5.82 Å². The fourth-order valence-corrected chi connectivity index (χ4v) is 2.37. The number of nitrogens with one attached hydrogen (secondary N) is 1. The van der Waals surface area contributed by atoms with Crippen LogP contribution in [-0.4, -0.2) is 17.8 Å². The first kappa shape index (κ1) is 12.4. The Morgan fingerprint density at radius 3 is 2.65 bits per heavy atom. The summed E-state index contributed by atoms with van der Waals surface area (Å²) in [6, 6.07) is 5.12. The molecule has 1 aliphatic carbocycles. The fraction of sp³-hybridized carbons (Fsp3) is 0.571. The zero-order valence-electron chi connectivity index (χ0n) is 10.2. The molecular formula is C14H20FNO. The summed E-state index contributed by atoms with van der Waals surface area (Å²) >= 11 is 0. The van der Waals surface area contributed by atoms with Crippen LogP contribution in [0.3, 0.4) is 0 Å². The zero-order valence-corrected chi connectivity index (χ0v) is 10.2. The predicted molar refractivity (Wildman–Crippen MR) is 67.6 cm³/mol. The fourth-order valence-electron chi connectivity index (χ4n) is 2.37. The minimum Gasteiger partial charge on any atom is -0.393 e. The van der Waals surface area contributed by atoms with Gasteiger partial charge in [-0.15, -0.1) is 0 Å². The van der Waals surface area contributed by atoms with Crippen molar-refractivity contribution in [3.05, 3.63) is 29.6 Å². The molecule has 0 amide bonds. The molecular weight excluding hydrogens is 217 g/mol. The number of anilines is 1. The third-order valence-electron chi connectivity index (χ3n) is 3.57. The van der Waals surface area contributed by atoms with Crippen molar-refractivity contribution in [2.75, 3.05) is 11.9 Å². The SMILES string of the molecule is Cc1cc(NCC2CCC(O)CC2)ccc1F. The Balaban J connectivity index is 1.83. The maximum atomic E-state index is 13.1. The zero-order chi connectivity index (χ0) is 12.3. The van der Waals surface area contributed by atoms with E-state index in [1.807, 2.05) is 6.07 Å². The largest absolute Gasteiger partial charge is 0.393 e. The van der Waals surface area contributed by atoms with E-state index in [9.17, 15) is 9.50 Å². The molecule has 0 bridgehead atoms. The second kappa shape index (κ2) is 5.50. The van der Waals surface area contributed by atoms with Crippen LogP contribution < -0.4 is 5.32 Å². The van der Waals surface area contributed by atoms with Crippen molar-refractivity contribution in [2.24, 2.45) is 5.92 Å². The summed E-state index contributed by atoms with van der Waals surface area (Å²) < 4.78 is 13.1. The molecule has 94 valence electrons. The van der Waals surface area contributed by atoms with Crippen LogP contribution in [0.4, 0.5) is 10.1 Å². The van der Waals surface area contributed by atoms with E-state index in [-0.39, 0.29) is 11.9 Å². The average Bonchev–Trinajstić information content (AvgIpc) is 2.33. The number of aryl methyl sites for hydroxylation is 1. The number of halogens is 1. The topological polar surface area (TPSA) is 32.3 Å². The second-order valence-electron chi connectivity index (χ2n) is 5.02. The molecule has 2 N–H and O–H groups in total. The Labute approximate surface area is 102 Å². The third-order valence-corrected chi connectivity index (χ3v) is 3.57. The summed E-state index contributed by atoms with van der Waals surface area (Å²) in [7, 11) is 0. The van der Waals surface area contributed by atoms with Gasteiger partial charge in [-0.05, 0) is 62.3 Å². The lowest BCUT2D eigenvalue weighted by Gasteiger charge is -2.25. The van der Waals surface area contributed by atoms with Crippen molar-refractivity contribution < 1.29 is 9.50 Å². The van der Waals surface area contributed by atoms with E-state index < -0.39 is 0 Å². The molecule has 0 atom stereocenters. The van der Waals surface area contributed by atoms with Crippen molar-refractivity contribution in [3.8, 4) is 0 Å². The molecule has 1 fully saturated rings. The Bertz CT molecular complexity index is 372. The van der Waals surface area contributed by atoms with Gasteiger partial charge < -0.3 is 10.4 Å². The smallest absolute Gasteiger partial charge is 0.126 e. The highest BCUT2D eigenvalue weighted by molar-refractivity contribution is 5.45. The van der Waals surface area contributed by atoms with Gasteiger partial charge in [0.25, 0.3) is 0 Å². The first-order valence-electron chi connectivity index (χ1n) is 6.33. The number of aliphatic hydroxyl groups excluding tert-OH is 1. The normalized spacial score (nSPS) is 24.6. The molecule has 1 aromatic carbocycles. The van der Waals surface area contributed by atoms with Gasteiger partial charge in [-0.1, -0.05) is 0 Å². The van der Waals surface area contributed by atoms with Gasteiger partial charge in [-0.2, -0.15) is 0 Å². The van der Waals surface area contributed by atoms with Gasteiger partial charge in [-0.3, -0.25) is 0 Å². The van der Waals surface area contributed by atoms with Crippen molar-refractivity contribution in [1.82, 2.24) is 0 Å². The Kier molecular flexibility index (Phi) is 4.00. The molecule has 2 nitrogen and oxygen atoms in total. The van der Waals surface area contributed by atoms with Gasteiger partial charge in [0.15, 0.2) is 0 Å². The maximum absolute atomic E-state index is 13.1. The summed E-state index contributed by atoms with van der Waals surface area (Å²) in [6.07, 6.45) is 3.88. The highest BCUT2D eigenvalue weighted by Crippen LogP contribution is 2.24. The van der Waals surface area contributed by atoms with Crippen LogP contribution in [0.2, 0.25) is 0 Å². The minimum atomic E-state index is -0.156. The first-order chi connectivity index (χ1) is 8.15. The second-order valence-corrected chi connectivity index (χ2v) is 5.02. The highest BCUT2D eigenvalue weighted by atomic mass is 19.1. The third kappa shape index (κ3) is 3.43. The highest BCUT2D eigenvalue weighted by Gasteiger charge is 2.18. The first-order valence-corrected chi connectivity index (χ1v) is 6.33. The van der Waals surface area contributed by atoms with Crippen LogP contribution in [0.1, 0.15) is 31.2 Å². The minimum absolute atomic E-state index is 0.0979. The molecule has 0 aliphatic heterocycles. The van der Waals surface area contributed by atoms with Crippen LogP contribution in [0, 0.1) is 18.7 Å². The molecule has 0 saturated heterocycles. The quantitative estimate of drug-likeness (QED) is 0.846. The van der Waals surface area contributed by atoms with Gasteiger partial charge in [0.05, 0.1) is 6.10 Å². The average molecular weight is 237 g/mol. The number of aliphatic hydroxyl groups is 1. The molecule has 0 heterocycles. The number of rotatable bonds is 3. The monoisotopic (exact) mass is 237 g/mol. The van der Waals surface area contributed by atoms with Crippen LogP contribution in [-0.2, 0) is 0 Å². The van der Waals surface area contributed by atoms with Crippen LogP contribution in [0.15, 0.2) is 18.2 Å². The number of hydrogen-bond acceptors (Lipinski definition) is 2. The summed E-state index contributed by atoms with van der Waals surface area (Å²) in [5.41, 5.74) is 1.66. The van der Waals surface area contributed by atoms with Crippen molar-refractivity contribution in [3.63, 3.8) is 0 Å². The summed E-state index contributed by atoms with van der Waals surface area (Å²) in [4.78, 5) is 0. The molecule has 0 unspecified atom stereocenters. The standard InChI is InChI=1S/C14H20FNO/c1-10-8-12(4-7-14(10)15)16-9-11-2-5-13(17)6-3-11/h4,7-8,11,13,16-17H,2-3,5-6,9H2,1H3. The summed E-state index contributed by atoms with van der Waals surface area (Å²) in [6.45, 7) is 2.69. The molecule has 0 aromatic heterocycles. The van der Waals surface area contributed by atoms with E-state index >= 15 is 0 Å². The van der Waals surface area contributed by atoms with E-state index in [1.54, 1.807) is 13.0 Å². The molecule has 1 aliphatic rings. The Morgan fingerprint density at radius 1 is 1.29 bits per heavy atom. The van der Waals surface area contributed by atoms with Crippen LogP contribution in [0.25, 0.3) is 0 Å². The van der Waals surface area contributed by atoms with Gasteiger partial charge in [0.2, 0.25) is 0 Å². The van der Waals surface area contributed by atoms with E-state index in [0.29, 0.717) is 11.5 Å². The van der Waals surface area contributed by atoms with E-state index in [1.165, 1.54) is 6.07 Å². The lowest BCUT2D eigenvalue weighted by atomic mass is 9.87. The Morgan fingerprint density at radius 2 is 2.00 bits per heavy atom. The molecule has 2 rings (SSSR count). The molecule has 17 heavy (non-hydrogen) atoms.